The van der Waals surface area contributed by atoms with Gasteiger partial charge in [0.25, 0.3) is 0 Å². The quantitative estimate of drug-likeness (QED) is 0.237. The lowest BCUT2D eigenvalue weighted by molar-refractivity contribution is -0.260. The van der Waals surface area contributed by atoms with Gasteiger partial charge in [-0.1, -0.05) is 44.2 Å². The Kier molecular flexibility index (Phi) is 10.7. The molecule has 44 heavy (non-hydrogen) atoms. The Morgan fingerprint density at radius 1 is 1.16 bits per heavy atom. The van der Waals surface area contributed by atoms with Gasteiger partial charge in [-0.3, -0.25) is 5.10 Å². The molecule has 0 amide bonds. The molecule has 3 saturated heterocycles. The Hall–Kier alpha value is -2.91. The molecule has 4 heterocycles. The van der Waals surface area contributed by atoms with Crippen LogP contribution in [-0.4, -0.2) is 99.0 Å². The van der Waals surface area contributed by atoms with Crippen LogP contribution in [0.5, 0.6) is 5.88 Å². The number of hydrogen-bond acceptors (Lipinski definition) is 9. The van der Waals surface area contributed by atoms with Gasteiger partial charge in [0.2, 0.25) is 12.2 Å². The molecule has 240 valence electrons. The van der Waals surface area contributed by atoms with Gasteiger partial charge in [0.05, 0.1) is 0 Å². The molecule has 0 aliphatic carbocycles. The second kappa shape index (κ2) is 14.5. The van der Waals surface area contributed by atoms with Crippen LogP contribution in [0.1, 0.15) is 79.8 Å². The van der Waals surface area contributed by atoms with Gasteiger partial charge < -0.3 is 40.1 Å². The van der Waals surface area contributed by atoms with Gasteiger partial charge in [-0.25, -0.2) is 0 Å². The predicted molar refractivity (Wildman–Crippen MR) is 168 cm³/mol. The van der Waals surface area contributed by atoms with Gasteiger partial charge in [0.15, 0.2) is 6.10 Å². The van der Waals surface area contributed by atoms with Crippen LogP contribution < -0.4 is 10.1 Å². The van der Waals surface area contributed by atoms with E-state index in [1.54, 1.807) is 6.11 Å². The maximum absolute atomic E-state index is 10.5. The number of hydrogen-bond donors (Lipinski definition) is 6. The lowest BCUT2D eigenvalue weighted by atomic mass is 9.73. The molecule has 0 saturated carbocycles. The summed E-state index contributed by atoms with van der Waals surface area (Å²) in [6, 6.07) is 6.44. The summed E-state index contributed by atoms with van der Waals surface area (Å²) in [5.74, 6) is 2.65. The van der Waals surface area contributed by atoms with Crippen LogP contribution in [0.3, 0.4) is 0 Å². The number of aromatic nitrogens is 2. The topological polar surface area (TPSA) is 143 Å². The second-order valence-corrected chi connectivity index (χ2v) is 13.0. The summed E-state index contributed by atoms with van der Waals surface area (Å²) in [5.41, 5.74) is 5.66. The van der Waals surface area contributed by atoms with Crippen molar-refractivity contribution in [3.8, 4) is 17.9 Å². The second-order valence-electron chi connectivity index (χ2n) is 13.0. The van der Waals surface area contributed by atoms with Crippen molar-refractivity contribution in [1.82, 2.24) is 20.4 Å². The Bertz CT molecular complexity index is 1340. The number of aryl methyl sites for hydroxylation is 1. The zero-order valence-corrected chi connectivity index (χ0v) is 26.1. The molecule has 0 radical (unpaired) electrons. The zero-order chi connectivity index (χ0) is 31.3. The van der Waals surface area contributed by atoms with E-state index in [-0.39, 0.29) is 11.8 Å². The number of likely N-dealkylation sites (tertiary alicyclic amines) is 1. The normalized spacial score (nSPS) is 27.5. The number of nitrogens with zero attached hydrogens (tertiary/aromatic N) is 2. The van der Waals surface area contributed by atoms with E-state index in [9.17, 15) is 15.3 Å². The van der Waals surface area contributed by atoms with Crippen molar-refractivity contribution in [2.24, 2.45) is 5.41 Å². The summed E-state index contributed by atoms with van der Waals surface area (Å²) >= 11 is 0. The highest BCUT2D eigenvalue weighted by Crippen LogP contribution is 2.38. The van der Waals surface area contributed by atoms with Crippen molar-refractivity contribution in [2.45, 2.75) is 95.9 Å². The SMILES string of the molecule is Cc1cc(/C=C/CCN2CCCC3(CCNCC3)C2)ccc1Cc1c(O[C@@H]2OC(C#CO)[C@@H](O)[C@H](O)[C@H]2O)n[nH]c1C(C)C. The molecule has 1 aromatic heterocycles. The van der Waals surface area contributed by atoms with Crippen molar-refractivity contribution in [3.63, 3.8) is 0 Å². The van der Waals surface area contributed by atoms with E-state index in [1.165, 1.54) is 38.8 Å². The Balaban J connectivity index is 1.22. The van der Waals surface area contributed by atoms with Crippen molar-refractivity contribution in [2.75, 3.05) is 32.7 Å². The highest BCUT2D eigenvalue weighted by atomic mass is 16.7. The minimum absolute atomic E-state index is 0.125. The molecule has 1 aromatic carbocycles. The maximum Gasteiger partial charge on any atom is 0.238 e. The average molecular weight is 609 g/mol. The highest BCUT2D eigenvalue weighted by Gasteiger charge is 2.45. The lowest BCUT2D eigenvalue weighted by Gasteiger charge is -2.45. The van der Waals surface area contributed by atoms with Crippen LogP contribution in [0.4, 0.5) is 0 Å². The van der Waals surface area contributed by atoms with Crippen LogP contribution in [0.25, 0.3) is 6.08 Å². The van der Waals surface area contributed by atoms with Gasteiger partial charge in [-0.15, -0.1) is 5.10 Å². The third-order valence-electron chi connectivity index (χ3n) is 9.50. The summed E-state index contributed by atoms with van der Waals surface area (Å²) in [7, 11) is 0. The highest BCUT2D eigenvalue weighted by molar-refractivity contribution is 5.52. The summed E-state index contributed by atoms with van der Waals surface area (Å²) < 4.78 is 11.5. The largest absolute Gasteiger partial charge is 0.462 e. The van der Waals surface area contributed by atoms with E-state index in [0.29, 0.717) is 11.8 Å². The average Bonchev–Trinajstić information content (AvgIpc) is 3.40. The monoisotopic (exact) mass is 608 g/mol. The van der Waals surface area contributed by atoms with E-state index < -0.39 is 30.7 Å². The fraction of sp³-hybridized carbons (Fsp3) is 0.618. The summed E-state index contributed by atoms with van der Waals surface area (Å²) in [5, 5.41) is 50.9. The van der Waals surface area contributed by atoms with Gasteiger partial charge in [0.1, 0.15) is 24.4 Å². The minimum Gasteiger partial charge on any atom is -0.462 e. The first-order valence-corrected chi connectivity index (χ1v) is 16.0. The zero-order valence-electron chi connectivity index (χ0n) is 26.1. The van der Waals surface area contributed by atoms with E-state index in [1.807, 2.05) is 0 Å². The van der Waals surface area contributed by atoms with E-state index in [2.05, 4.69) is 77.5 Å². The number of aromatic amines is 1. The first-order chi connectivity index (χ1) is 21.2. The molecule has 10 heteroatoms. The Morgan fingerprint density at radius 2 is 1.95 bits per heavy atom. The van der Waals surface area contributed by atoms with Crippen molar-refractivity contribution < 1.29 is 29.9 Å². The smallest absolute Gasteiger partial charge is 0.238 e. The molecule has 3 aliphatic heterocycles. The minimum atomic E-state index is -1.57. The van der Waals surface area contributed by atoms with Crippen molar-refractivity contribution >= 4 is 6.08 Å². The molecule has 3 aliphatic rings. The number of ether oxygens (including phenoxy) is 2. The van der Waals surface area contributed by atoms with E-state index in [4.69, 9.17) is 14.6 Å². The van der Waals surface area contributed by atoms with Gasteiger partial charge in [-0.2, -0.15) is 0 Å². The molecule has 10 nitrogen and oxygen atoms in total. The predicted octanol–water partition coefficient (Wildman–Crippen LogP) is 2.82. The summed E-state index contributed by atoms with van der Waals surface area (Å²) in [4.78, 5) is 2.66. The fourth-order valence-electron chi connectivity index (χ4n) is 6.90. The molecule has 3 fully saturated rings. The van der Waals surface area contributed by atoms with Crippen LogP contribution in [0.15, 0.2) is 24.3 Å². The molecule has 5 rings (SSSR count). The van der Waals surface area contributed by atoms with Gasteiger partial charge in [0, 0.05) is 30.8 Å². The first kappa shape index (κ1) is 32.5. The number of aliphatic hydroxyl groups excluding tert-OH is 4. The third-order valence-corrected chi connectivity index (χ3v) is 9.50. The summed E-state index contributed by atoms with van der Waals surface area (Å²) in [6.07, 6.45) is 5.87. The Morgan fingerprint density at radius 3 is 2.68 bits per heavy atom. The molecule has 1 unspecified atom stereocenters. The number of aliphatic hydroxyl groups is 4. The number of H-pyrrole nitrogens is 1. The lowest BCUT2D eigenvalue weighted by Crippen LogP contribution is -2.58. The molecule has 0 bridgehead atoms. The molecular weight excluding hydrogens is 560 g/mol. The number of benzene rings is 1. The molecule has 6 N–H and O–H groups in total. The molecular formula is C34H48N4O6. The molecule has 1 spiro atoms. The van der Waals surface area contributed by atoms with Gasteiger partial charge in [-0.05, 0) is 92.6 Å². The van der Waals surface area contributed by atoms with Crippen LogP contribution in [0, 0.1) is 24.4 Å². The van der Waals surface area contributed by atoms with Crippen molar-refractivity contribution in [1.29, 1.82) is 0 Å². The molecule has 2 aromatic rings. The standard InChI is InChI=1S/C34H48N4O6/c1-22(2)28-26(32(37-36-28)44-33-31(42)30(41)29(40)27(43-33)10-18-39)20-25-9-8-24(19-23(25)3)7-4-5-16-38-17-6-11-34(21-38)12-14-35-15-13-34/h4,7-9,19,22,27,29-31,33,35,39-42H,5-6,11-17,20-21H2,1-3H3,(H,36,37)/b7-4+/t27?,29-,30+,31-,33+/m1/s1. The van der Waals surface area contributed by atoms with Crippen LogP contribution >= 0.6 is 0 Å². The van der Waals surface area contributed by atoms with E-state index in [0.717, 1.165) is 54.0 Å². The Labute approximate surface area is 260 Å². The first-order valence-electron chi connectivity index (χ1n) is 16.0. The number of rotatable bonds is 9. The summed E-state index contributed by atoms with van der Waals surface area (Å²) in [6.45, 7) is 12.1. The van der Waals surface area contributed by atoms with Crippen molar-refractivity contribution in [3.05, 3.63) is 52.2 Å². The van der Waals surface area contributed by atoms with Crippen LogP contribution in [0.2, 0.25) is 0 Å². The fourth-order valence-corrected chi connectivity index (χ4v) is 6.90. The maximum atomic E-state index is 10.5. The van der Waals surface area contributed by atoms with Gasteiger partial charge >= 0.3 is 0 Å². The third kappa shape index (κ3) is 7.48. The van der Waals surface area contributed by atoms with E-state index >= 15 is 0 Å². The molecule has 5 atom stereocenters. The number of piperidine rings is 2. The number of nitrogens with one attached hydrogen (secondary N) is 2. The van der Waals surface area contributed by atoms with Crippen LogP contribution in [-0.2, 0) is 11.2 Å².